The third-order valence-electron chi connectivity index (χ3n) is 3.40. The summed E-state index contributed by atoms with van der Waals surface area (Å²) in [5.41, 5.74) is 0.946. The molecule has 0 spiro atoms. The Morgan fingerprint density at radius 1 is 1.14 bits per heavy atom. The lowest BCUT2D eigenvalue weighted by atomic mass is 10.2. The van der Waals surface area contributed by atoms with E-state index in [2.05, 4.69) is 0 Å². The van der Waals surface area contributed by atoms with Gasteiger partial charge in [-0.05, 0) is 43.3 Å². The summed E-state index contributed by atoms with van der Waals surface area (Å²) in [6.45, 7) is 1.91. The number of nitrogens with zero attached hydrogens (tertiary/aromatic N) is 1. The van der Waals surface area contributed by atoms with Crippen LogP contribution in [0.15, 0.2) is 48.7 Å². The first-order valence-electron chi connectivity index (χ1n) is 6.84. The van der Waals surface area contributed by atoms with E-state index in [4.69, 9.17) is 4.74 Å². The SMILES string of the molecule is CCOC(=O)c1ccc(-n2ccc3c(F)cccc32)c(F)c1. The van der Waals surface area contributed by atoms with Gasteiger partial charge in [-0.25, -0.2) is 13.6 Å². The van der Waals surface area contributed by atoms with Gasteiger partial charge in [0.1, 0.15) is 11.6 Å². The first kappa shape index (κ1) is 14.3. The molecule has 0 radical (unpaired) electrons. The molecule has 0 N–H and O–H groups in total. The number of halogens is 2. The molecule has 0 saturated carbocycles. The van der Waals surface area contributed by atoms with Crippen molar-refractivity contribution >= 4 is 16.9 Å². The van der Waals surface area contributed by atoms with Gasteiger partial charge in [-0.15, -0.1) is 0 Å². The fraction of sp³-hybridized carbons (Fsp3) is 0.118. The number of esters is 1. The van der Waals surface area contributed by atoms with Gasteiger partial charge >= 0.3 is 5.97 Å². The maximum Gasteiger partial charge on any atom is 0.338 e. The Hall–Kier alpha value is -2.69. The standard InChI is InChI=1S/C17H13F2NO2/c1-2-22-17(21)11-6-7-16(14(19)10-11)20-9-8-12-13(18)4-3-5-15(12)20/h3-10H,2H2,1H3. The fourth-order valence-electron chi connectivity index (χ4n) is 2.38. The van der Waals surface area contributed by atoms with E-state index < -0.39 is 11.8 Å². The molecule has 5 heteroatoms. The van der Waals surface area contributed by atoms with Gasteiger partial charge in [0.15, 0.2) is 0 Å². The molecule has 0 fully saturated rings. The molecule has 1 aromatic heterocycles. The van der Waals surface area contributed by atoms with Crippen molar-refractivity contribution in [3.8, 4) is 5.69 Å². The van der Waals surface area contributed by atoms with Crippen LogP contribution in [0.2, 0.25) is 0 Å². The summed E-state index contributed by atoms with van der Waals surface area (Å²) in [5.74, 6) is -1.51. The van der Waals surface area contributed by atoms with Crippen molar-refractivity contribution in [2.45, 2.75) is 6.92 Å². The second-order valence-corrected chi connectivity index (χ2v) is 4.75. The van der Waals surface area contributed by atoms with Gasteiger partial charge in [0.2, 0.25) is 0 Å². The molecule has 1 heterocycles. The lowest BCUT2D eigenvalue weighted by molar-refractivity contribution is 0.0526. The molecule has 0 atom stereocenters. The minimum absolute atomic E-state index is 0.144. The molecule has 0 amide bonds. The molecule has 3 nitrogen and oxygen atoms in total. The maximum absolute atomic E-state index is 14.3. The maximum atomic E-state index is 14.3. The summed E-state index contributed by atoms with van der Waals surface area (Å²) in [5, 5.41) is 0.413. The van der Waals surface area contributed by atoms with Crippen molar-refractivity contribution in [1.29, 1.82) is 0 Å². The number of carbonyl (C=O) groups excluding carboxylic acids is 1. The molecular weight excluding hydrogens is 288 g/mol. The second kappa shape index (κ2) is 5.60. The van der Waals surface area contributed by atoms with Crippen LogP contribution in [0.3, 0.4) is 0 Å². The zero-order chi connectivity index (χ0) is 15.7. The summed E-state index contributed by atoms with van der Waals surface area (Å²) < 4.78 is 34.4. The molecule has 0 aliphatic carbocycles. The lowest BCUT2D eigenvalue weighted by Gasteiger charge is -2.09. The normalized spacial score (nSPS) is 10.9. The molecule has 3 rings (SSSR count). The molecule has 0 aliphatic rings. The van der Waals surface area contributed by atoms with Crippen molar-refractivity contribution < 1.29 is 18.3 Å². The van der Waals surface area contributed by atoms with Crippen LogP contribution < -0.4 is 0 Å². The van der Waals surface area contributed by atoms with Gasteiger partial charge in [-0.2, -0.15) is 0 Å². The number of carbonyl (C=O) groups is 1. The smallest absolute Gasteiger partial charge is 0.338 e. The van der Waals surface area contributed by atoms with Crippen molar-refractivity contribution in [2.24, 2.45) is 0 Å². The van der Waals surface area contributed by atoms with E-state index in [0.29, 0.717) is 10.9 Å². The summed E-state index contributed by atoms with van der Waals surface area (Å²) in [6.07, 6.45) is 1.59. The highest BCUT2D eigenvalue weighted by atomic mass is 19.1. The largest absolute Gasteiger partial charge is 0.462 e. The first-order chi connectivity index (χ1) is 10.6. The Bertz CT molecular complexity index is 855. The highest BCUT2D eigenvalue weighted by molar-refractivity contribution is 5.90. The molecule has 0 unspecified atom stereocenters. The van der Waals surface area contributed by atoms with Gasteiger partial charge in [-0.3, -0.25) is 0 Å². The van der Waals surface area contributed by atoms with Crippen molar-refractivity contribution in [3.05, 3.63) is 65.9 Å². The highest BCUT2D eigenvalue weighted by Gasteiger charge is 2.13. The Balaban J connectivity index is 2.08. The van der Waals surface area contributed by atoms with Crippen molar-refractivity contribution in [3.63, 3.8) is 0 Å². The number of aromatic nitrogens is 1. The molecular formula is C17H13F2NO2. The average molecular weight is 301 g/mol. The monoisotopic (exact) mass is 301 g/mol. The van der Waals surface area contributed by atoms with Crippen molar-refractivity contribution in [1.82, 2.24) is 4.57 Å². The van der Waals surface area contributed by atoms with E-state index in [1.807, 2.05) is 0 Å². The zero-order valence-corrected chi connectivity index (χ0v) is 11.8. The summed E-state index contributed by atoms with van der Waals surface area (Å²) in [4.78, 5) is 11.6. The molecule has 2 aromatic carbocycles. The Morgan fingerprint density at radius 2 is 1.95 bits per heavy atom. The Labute approximate surface area is 125 Å². The Kier molecular flexibility index (Phi) is 3.63. The molecule has 0 bridgehead atoms. The van der Waals surface area contributed by atoms with E-state index in [-0.39, 0.29) is 23.7 Å². The third kappa shape index (κ3) is 2.35. The predicted octanol–water partition coefficient (Wildman–Crippen LogP) is 4.09. The van der Waals surface area contributed by atoms with Gasteiger partial charge in [0.25, 0.3) is 0 Å². The second-order valence-electron chi connectivity index (χ2n) is 4.75. The third-order valence-corrected chi connectivity index (χ3v) is 3.40. The van der Waals surface area contributed by atoms with Crippen LogP contribution in [0.4, 0.5) is 8.78 Å². The predicted molar refractivity (Wildman–Crippen MR) is 79.1 cm³/mol. The lowest BCUT2D eigenvalue weighted by Crippen LogP contribution is -2.06. The van der Waals surface area contributed by atoms with Gasteiger partial charge in [-0.1, -0.05) is 6.07 Å². The molecule has 0 saturated heterocycles. The average Bonchev–Trinajstić information content (AvgIpc) is 2.92. The quantitative estimate of drug-likeness (QED) is 0.682. The van der Waals surface area contributed by atoms with Crippen LogP contribution in [-0.2, 0) is 4.74 Å². The summed E-state index contributed by atoms with van der Waals surface area (Å²) in [6, 6.07) is 10.3. The van der Waals surface area contributed by atoms with E-state index >= 15 is 0 Å². The molecule has 3 aromatic rings. The van der Waals surface area contributed by atoms with Gasteiger partial charge < -0.3 is 9.30 Å². The minimum Gasteiger partial charge on any atom is -0.462 e. The van der Waals surface area contributed by atoms with Crippen LogP contribution in [0.1, 0.15) is 17.3 Å². The highest BCUT2D eigenvalue weighted by Crippen LogP contribution is 2.25. The van der Waals surface area contributed by atoms with E-state index in [1.165, 1.54) is 18.2 Å². The Morgan fingerprint density at radius 3 is 2.68 bits per heavy atom. The number of hydrogen-bond acceptors (Lipinski definition) is 2. The molecule has 0 aliphatic heterocycles. The minimum atomic E-state index is -0.577. The summed E-state index contributed by atoms with van der Waals surface area (Å²) >= 11 is 0. The van der Waals surface area contributed by atoms with Crippen LogP contribution in [0.25, 0.3) is 16.6 Å². The molecule has 22 heavy (non-hydrogen) atoms. The van der Waals surface area contributed by atoms with E-state index in [0.717, 1.165) is 6.07 Å². The first-order valence-corrected chi connectivity index (χ1v) is 6.84. The van der Waals surface area contributed by atoms with Crippen LogP contribution >= 0.6 is 0 Å². The van der Waals surface area contributed by atoms with Crippen LogP contribution in [0.5, 0.6) is 0 Å². The number of ether oxygens (including phenoxy) is 1. The van der Waals surface area contributed by atoms with Crippen LogP contribution in [-0.4, -0.2) is 17.1 Å². The number of hydrogen-bond donors (Lipinski definition) is 0. The van der Waals surface area contributed by atoms with Crippen LogP contribution in [0, 0.1) is 11.6 Å². The number of rotatable bonds is 3. The van der Waals surface area contributed by atoms with Crippen molar-refractivity contribution in [2.75, 3.05) is 6.61 Å². The van der Waals surface area contributed by atoms with Gasteiger partial charge in [0, 0.05) is 11.6 Å². The molecule has 112 valence electrons. The summed E-state index contributed by atoms with van der Waals surface area (Å²) in [7, 11) is 0. The fourth-order valence-corrected chi connectivity index (χ4v) is 2.38. The van der Waals surface area contributed by atoms with E-state index in [1.54, 1.807) is 35.9 Å². The van der Waals surface area contributed by atoms with Gasteiger partial charge in [0.05, 0.1) is 23.4 Å². The van der Waals surface area contributed by atoms with E-state index in [9.17, 15) is 13.6 Å². The topological polar surface area (TPSA) is 31.2 Å². The zero-order valence-electron chi connectivity index (χ0n) is 11.8. The number of fused-ring (bicyclic) bond motifs is 1. The number of benzene rings is 2.